The number of hydrogen-bond donors (Lipinski definition) is 1. The quantitative estimate of drug-likeness (QED) is 0.711. The highest BCUT2D eigenvalue weighted by molar-refractivity contribution is 5.18. The Morgan fingerprint density at radius 1 is 1.07 bits per heavy atom. The number of rotatable bonds is 7. The lowest BCUT2D eigenvalue weighted by Crippen LogP contribution is -2.22. The van der Waals surface area contributed by atoms with Gasteiger partial charge in [-0.3, -0.25) is 0 Å². The molecule has 0 fully saturated rings. The van der Waals surface area contributed by atoms with Crippen LogP contribution in [0.5, 0.6) is 0 Å². The summed E-state index contributed by atoms with van der Waals surface area (Å²) in [4.78, 5) is 0. The van der Waals surface area contributed by atoms with E-state index in [1.54, 1.807) is 0 Å². The zero-order chi connectivity index (χ0) is 10.9. The summed E-state index contributed by atoms with van der Waals surface area (Å²) in [6.45, 7) is 5.58. The van der Waals surface area contributed by atoms with Gasteiger partial charge in [0.2, 0.25) is 0 Å². The Kier molecular flexibility index (Phi) is 6.10. The summed E-state index contributed by atoms with van der Waals surface area (Å²) < 4.78 is 0. The normalized spacial score (nSPS) is 12.7. The lowest BCUT2D eigenvalue weighted by molar-refractivity contribution is 0.481. The zero-order valence-corrected chi connectivity index (χ0v) is 10.00. The highest BCUT2D eigenvalue weighted by Gasteiger charge is 2.08. The molecule has 0 radical (unpaired) electrons. The SMILES string of the molecule is CCCCC(NCCC)c1ccccc1. The number of nitrogens with one attached hydrogen (secondary N) is 1. The maximum absolute atomic E-state index is 3.62. The van der Waals surface area contributed by atoms with Crippen LogP contribution < -0.4 is 5.32 Å². The van der Waals surface area contributed by atoms with Gasteiger partial charge in [-0.25, -0.2) is 0 Å². The summed E-state index contributed by atoms with van der Waals surface area (Å²) in [6, 6.07) is 11.3. The van der Waals surface area contributed by atoms with Gasteiger partial charge in [0.15, 0.2) is 0 Å². The third kappa shape index (κ3) is 4.48. The summed E-state index contributed by atoms with van der Waals surface area (Å²) >= 11 is 0. The largest absolute Gasteiger partial charge is 0.310 e. The van der Waals surface area contributed by atoms with Gasteiger partial charge in [-0.1, -0.05) is 57.0 Å². The van der Waals surface area contributed by atoms with Gasteiger partial charge in [-0.15, -0.1) is 0 Å². The molecule has 0 spiro atoms. The summed E-state index contributed by atoms with van der Waals surface area (Å²) in [5.41, 5.74) is 1.43. The number of unbranched alkanes of at least 4 members (excludes halogenated alkanes) is 1. The van der Waals surface area contributed by atoms with E-state index in [1.807, 2.05) is 0 Å². The maximum atomic E-state index is 3.62. The minimum atomic E-state index is 0.547. The van der Waals surface area contributed by atoms with Crippen molar-refractivity contribution in [2.24, 2.45) is 0 Å². The van der Waals surface area contributed by atoms with Crippen molar-refractivity contribution in [3.8, 4) is 0 Å². The van der Waals surface area contributed by atoms with Gasteiger partial charge in [0.05, 0.1) is 0 Å². The highest BCUT2D eigenvalue weighted by atomic mass is 14.9. The van der Waals surface area contributed by atoms with E-state index in [0.717, 1.165) is 6.54 Å². The Morgan fingerprint density at radius 2 is 1.80 bits per heavy atom. The van der Waals surface area contributed by atoms with E-state index in [1.165, 1.54) is 31.2 Å². The molecular formula is C14H23N. The summed E-state index contributed by atoms with van der Waals surface area (Å²) in [7, 11) is 0. The lowest BCUT2D eigenvalue weighted by Gasteiger charge is -2.18. The first kappa shape index (κ1) is 12.3. The van der Waals surface area contributed by atoms with Crippen molar-refractivity contribution in [3.63, 3.8) is 0 Å². The Morgan fingerprint density at radius 3 is 2.40 bits per heavy atom. The van der Waals surface area contributed by atoms with E-state index in [0.29, 0.717) is 6.04 Å². The lowest BCUT2D eigenvalue weighted by atomic mass is 10.0. The Bertz CT molecular complexity index is 235. The molecule has 1 N–H and O–H groups in total. The molecule has 1 unspecified atom stereocenters. The van der Waals surface area contributed by atoms with Gasteiger partial charge in [-0.2, -0.15) is 0 Å². The van der Waals surface area contributed by atoms with Crippen LogP contribution in [0.25, 0.3) is 0 Å². The average molecular weight is 205 g/mol. The van der Waals surface area contributed by atoms with Crippen molar-refractivity contribution < 1.29 is 0 Å². The van der Waals surface area contributed by atoms with Crippen molar-refractivity contribution >= 4 is 0 Å². The van der Waals surface area contributed by atoms with Crippen LogP contribution in [-0.4, -0.2) is 6.54 Å². The molecular weight excluding hydrogens is 182 g/mol. The van der Waals surface area contributed by atoms with Crippen LogP contribution in [0.2, 0.25) is 0 Å². The smallest absolute Gasteiger partial charge is 0.0320 e. The maximum Gasteiger partial charge on any atom is 0.0320 e. The second kappa shape index (κ2) is 7.47. The molecule has 15 heavy (non-hydrogen) atoms. The Hall–Kier alpha value is -0.820. The van der Waals surface area contributed by atoms with Crippen molar-refractivity contribution in [3.05, 3.63) is 35.9 Å². The third-order valence-electron chi connectivity index (χ3n) is 2.69. The molecule has 0 saturated carbocycles. The van der Waals surface area contributed by atoms with Gasteiger partial charge < -0.3 is 5.32 Å². The minimum Gasteiger partial charge on any atom is -0.310 e. The first-order valence-electron chi connectivity index (χ1n) is 6.16. The molecule has 0 bridgehead atoms. The van der Waals surface area contributed by atoms with Crippen LogP contribution >= 0.6 is 0 Å². The van der Waals surface area contributed by atoms with Gasteiger partial charge in [0, 0.05) is 6.04 Å². The molecule has 0 aliphatic rings. The van der Waals surface area contributed by atoms with Crippen molar-refractivity contribution in [2.75, 3.05) is 6.54 Å². The first-order chi connectivity index (χ1) is 7.38. The number of hydrogen-bond acceptors (Lipinski definition) is 1. The second-order valence-electron chi connectivity index (χ2n) is 4.06. The Balaban J connectivity index is 2.55. The van der Waals surface area contributed by atoms with Crippen molar-refractivity contribution in [1.29, 1.82) is 0 Å². The van der Waals surface area contributed by atoms with E-state index in [4.69, 9.17) is 0 Å². The van der Waals surface area contributed by atoms with Crippen LogP contribution in [0.4, 0.5) is 0 Å². The Labute approximate surface area is 93.9 Å². The molecule has 0 amide bonds. The minimum absolute atomic E-state index is 0.547. The molecule has 0 aromatic heterocycles. The van der Waals surface area contributed by atoms with E-state index >= 15 is 0 Å². The molecule has 0 heterocycles. The molecule has 1 heteroatoms. The van der Waals surface area contributed by atoms with Gasteiger partial charge >= 0.3 is 0 Å². The molecule has 1 rings (SSSR count). The molecule has 1 aromatic rings. The molecule has 0 aliphatic heterocycles. The topological polar surface area (TPSA) is 12.0 Å². The van der Waals surface area contributed by atoms with Crippen LogP contribution in [0.3, 0.4) is 0 Å². The summed E-state index contributed by atoms with van der Waals surface area (Å²) in [5, 5.41) is 3.62. The number of benzene rings is 1. The van der Waals surface area contributed by atoms with E-state index in [2.05, 4.69) is 49.5 Å². The molecule has 1 atom stereocenters. The fraction of sp³-hybridized carbons (Fsp3) is 0.571. The zero-order valence-electron chi connectivity index (χ0n) is 10.00. The van der Waals surface area contributed by atoms with Crippen molar-refractivity contribution in [2.45, 2.75) is 45.6 Å². The molecule has 84 valence electrons. The van der Waals surface area contributed by atoms with Crippen LogP contribution in [0.15, 0.2) is 30.3 Å². The van der Waals surface area contributed by atoms with Gasteiger partial charge in [-0.05, 0) is 24.9 Å². The van der Waals surface area contributed by atoms with E-state index in [-0.39, 0.29) is 0 Å². The molecule has 0 aliphatic carbocycles. The monoisotopic (exact) mass is 205 g/mol. The fourth-order valence-corrected chi connectivity index (χ4v) is 1.80. The fourth-order valence-electron chi connectivity index (χ4n) is 1.80. The van der Waals surface area contributed by atoms with Crippen molar-refractivity contribution in [1.82, 2.24) is 5.32 Å². The summed E-state index contributed by atoms with van der Waals surface area (Å²) in [5.74, 6) is 0. The molecule has 1 nitrogen and oxygen atoms in total. The third-order valence-corrected chi connectivity index (χ3v) is 2.69. The standard InChI is InChI=1S/C14H23N/c1-3-5-11-14(15-12-4-2)13-9-7-6-8-10-13/h6-10,14-15H,3-5,11-12H2,1-2H3. The first-order valence-corrected chi connectivity index (χ1v) is 6.16. The van der Waals surface area contributed by atoms with Crippen LogP contribution in [0.1, 0.15) is 51.1 Å². The average Bonchev–Trinajstić information content (AvgIpc) is 2.30. The van der Waals surface area contributed by atoms with Gasteiger partial charge in [0.1, 0.15) is 0 Å². The summed E-state index contributed by atoms with van der Waals surface area (Å²) in [6.07, 6.45) is 5.03. The van der Waals surface area contributed by atoms with Gasteiger partial charge in [0.25, 0.3) is 0 Å². The highest BCUT2D eigenvalue weighted by Crippen LogP contribution is 2.18. The molecule has 0 saturated heterocycles. The van der Waals surface area contributed by atoms with Crippen LogP contribution in [0, 0.1) is 0 Å². The molecule has 1 aromatic carbocycles. The van der Waals surface area contributed by atoms with Crippen LogP contribution in [-0.2, 0) is 0 Å². The van der Waals surface area contributed by atoms with E-state index in [9.17, 15) is 0 Å². The second-order valence-corrected chi connectivity index (χ2v) is 4.06. The predicted octanol–water partition coefficient (Wildman–Crippen LogP) is 3.92. The van der Waals surface area contributed by atoms with E-state index < -0.39 is 0 Å². The predicted molar refractivity (Wildman–Crippen MR) is 67.0 cm³/mol.